The standard InChI is InChI=1S/C10H12ClN3O/c1-6(5-12)14-9-3-2-7(11)4-8(9)13-10(14)15/h2-4,6H,5,12H2,1H3,(H,13,15). The van der Waals surface area contributed by atoms with E-state index in [-0.39, 0.29) is 11.7 Å². The molecule has 1 unspecified atom stereocenters. The maximum Gasteiger partial charge on any atom is 0.326 e. The van der Waals surface area contributed by atoms with Crippen molar-refractivity contribution in [2.24, 2.45) is 5.73 Å². The highest BCUT2D eigenvalue weighted by Gasteiger charge is 2.11. The minimum atomic E-state index is -0.148. The van der Waals surface area contributed by atoms with Gasteiger partial charge in [0, 0.05) is 17.6 Å². The zero-order valence-corrected chi connectivity index (χ0v) is 9.08. The summed E-state index contributed by atoms with van der Waals surface area (Å²) >= 11 is 5.84. The fourth-order valence-corrected chi connectivity index (χ4v) is 1.82. The van der Waals surface area contributed by atoms with E-state index in [9.17, 15) is 4.79 Å². The lowest BCUT2D eigenvalue weighted by Gasteiger charge is -2.09. The van der Waals surface area contributed by atoms with Crippen LogP contribution < -0.4 is 11.4 Å². The van der Waals surface area contributed by atoms with E-state index in [1.807, 2.05) is 13.0 Å². The Kier molecular flexibility index (Phi) is 2.54. The summed E-state index contributed by atoms with van der Waals surface area (Å²) in [6, 6.07) is 5.30. The van der Waals surface area contributed by atoms with Gasteiger partial charge in [-0.1, -0.05) is 11.6 Å². The number of hydrogen-bond donors (Lipinski definition) is 2. The van der Waals surface area contributed by atoms with Crippen LogP contribution in [0.1, 0.15) is 13.0 Å². The number of nitrogens with two attached hydrogens (primary N) is 1. The van der Waals surface area contributed by atoms with Crippen molar-refractivity contribution >= 4 is 22.6 Å². The molecule has 1 atom stereocenters. The monoisotopic (exact) mass is 225 g/mol. The van der Waals surface area contributed by atoms with Gasteiger partial charge < -0.3 is 10.7 Å². The van der Waals surface area contributed by atoms with Gasteiger partial charge in [-0.05, 0) is 25.1 Å². The van der Waals surface area contributed by atoms with Crippen molar-refractivity contribution in [1.82, 2.24) is 9.55 Å². The Balaban J connectivity index is 2.74. The third-order valence-corrected chi connectivity index (χ3v) is 2.70. The predicted octanol–water partition coefficient (Wildman–Crippen LogP) is 1.50. The molecule has 0 fully saturated rings. The van der Waals surface area contributed by atoms with Gasteiger partial charge >= 0.3 is 5.69 Å². The highest BCUT2D eigenvalue weighted by Crippen LogP contribution is 2.18. The van der Waals surface area contributed by atoms with Crippen LogP contribution in [0.25, 0.3) is 11.0 Å². The third-order valence-electron chi connectivity index (χ3n) is 2.46. The molecule has 0 saturated carbocycles. The van der Waals surface area contributed by atoms with Crippen molar-refractivity contribution in [1.29, 1.82) is 0 Å². The van der Waals surface area contributed by atoms with Crippen molar-refractivity contribution < 1.29 is 0 Å². The maximum absolute atomic E-state index is 11.7. The Morgan fingerprint density at radius 2 is 2.33 bits per heavy atom. The molecule has 1 aromatic heterocycles. The molecule has 1 aromatic carbocycles. The summed E-state index contributed by atoms with van der Waals surface area (Å²) in [5.41, 5.74) is 6.98. The van der Waals surface area contributed by atoms with Gasteiger partial charge in [0.2, 0.25) is 0 Å². The molecule has 0 saturated heterocycles. The van der Waals surface area contributed by atoms with Gasteiger partial charge in [0.15, 0.2) is 0 Å². The predicted molar refractivity (Wildman–Crippen MR) is 61.3 cm³/mol. The number of rotatable bonds is 2. The Hall–Kier alpha value is -1.26. The van der Waals surface area contributed by atoms with Crippen LogP contribution in [0.2, 0.25) is 5.02 Å². The summed E-state index contributed by atoms with van der Waals surface area (Å²) in [6.07, 6.45) is 0. The van der Waals surface area contributed by atoms with Gasteiger partial charge in [-0.2, -0.15) is 0 Å². The van der Waals surface area contributed by atoms with E-state index >= 15 is 0 Å². The molecule has 3 N–H and O–H groups in total. The van der Waals surface area contributed by atoms with Crippen LogP contribution in [0.3, 0.4) is 0 Å². The fourth-order valence-electron chi connectivity index (χ4n) is 1.65. The normalized spacial score (nSPS) is 13.3. The summed E-state index contributed by atoms with van der Waals surface area (Å²) < 4.78 is 1.64. The second-order valence-electron chi connectivity index (χ2n) is 3.55. The van der Waals surface area contributed by atoms with Gasteiger partial charge in [-0.3, -0.25) is 4.57 Å². The van der Waals surface area contributed by atoms with Crippen molar-refractivity contribution in [2.45, 2.75) is 13.0 Å². The topological polar surface area (TPSA) is 63.8 Å². The Labute approximate surface area is 91.7 Å². The molecule has 0 bridgehead atoms. The van der Waals surface area contributed by atoms with E-state index in [2.05, 4.69) is 4.98 Å². The van der Waals surface area contributed by atoms with Gasteiger partial charge in [-0.25, -0.2) is 4.79 Å². The van der Waals surface area contributed by atoms with Crippen LogP contribution >= 0.6 is 11.6 Å². The number of halogens is 1. The molecule has 0 aliphatic rings. The lowest BCUT2D eigenvalue weighted by Crippen LogP contribution is -2.25. The van der Waals surface area contributed by atoms with Crippen LogP contribution in [-0.2, 0) is 0 Å². The van der Waals surface area contributed by atoms with E-state index in [4.69, 9.17) is 17.3 Å². The minimum absolute atomic E-state index is 0.0209. The first-order valence-corrected chi connectivity index (χ1v) is 5.11. The third kappa shape index (κ3) is 1.66. The average Bonchev–Trinajstić information content (AvgIpc) is 2.52. The molecule has 1 heterocycles. The van der Waals surface area contributed by atoms with Crippen LogP contribution in [0.5, 0.6) is 0 Å². The summed E-state index contributed by atoms with van der Waals surface area (Å²) in [7, 11) is 0. The van der Waals surface area contributed by atoms with Gasteiger partial charge in [0.1, 0.15) is 0 Å². The molecule has 4 nitrogen and oxygen atoms in total. The SMILES string of the molecule is CC(CN)n1c(=O)[nH]c2cc(Cl)ccc21. The molecular formula is C10H12ClN3O. The molecular weight excluding hydrogens is 214 g/mol. The summed E-state index contributed by atoms with van der Waals surface area (Å²) in [5.74, 6) is 0. The van der Waals surface area contributed by atoms with E-state index in [1.165, 1.54) is 0 Å². The average molecular weight is 226 g/mol. The lowest BCUT2D eigenvalue weighted by molar-refractivity contribution is 0.557. The molecule has 80 valence electrons. The van der Waals surface area contributed by atoms with Crippen molar-refractivity contribution in [3.63, 3.8) is 0 Å². The first kappa shape index (κ1) is 10.3. The number of fused-ring (bicyclic) bond motifs is 1. The second kappa shape index (κ2) is 3.72. The van der Waals surface area contributed by atoms with Crippen molar-refractivity contribution in [3.8, 4) is 0 Å². The van der Waals surface area contributed by atoms with Crippen molar-refractivity contribution in [2.75, 3.05) is 6.54 Å². The van der Waals surface area contributed by atoms with Crippen LogP contribution in [-0.4, -0.2) is 16.1 Å². The number of aromatic nitrogens is 2. The quantitative estimate of drug-likeness (QED) is 0.814. The number of imidazole rings is 1. The second-order valence-corrected chi connectivity index (χ2v) is 3.98. The molecule has 0 radical (unpaired) electrons. The van der Waals surface area contributed by atoms with E-state index in [0.29, 0.717) is 11.6 Å². The Morgan fingerprint density at radius 3 is 3.00 bits per heavy atom. The lowest BCUT2D eigenvalue weighted by atomic mass is 10.3. The molecule has 0 aliphatic heterocycles. The number of hydrogen-bond acceptors (Lipinski definition) is 2. The zero-order valence-electron chi connectivity index (χ0n) is 8.33. The molecule has 2 rings (SSSR count). The highest BCUT2D eigenvalue weighted by molar-refractivity contribution is 6.31. The molecule has 0 spiro atoms. The summed E-state index contributed by atoms with van der Waals surface area (Å²) in [5, 5.41) is 0.608. The number of aromatic amines is 1. The van der Waals surface area contributed by atoms with Crippen molar-refractivity contribution in [3.05, 3.63) is 33.7 Å². The van der Waals surface area contributed by atoms with Gasteiger partial charge in [0.25, 0.3) is 0 Å². The summed E-state index contributed by atoms with van der Waals surface area (Å²) in [4.78, 5) is 14.4. The molecule has 15 heavy (non-hydrogen) atoms. The smallest absolute Gasteiger partial charge is 0.326 e. The molecule has 0 amide bonds. The van der Waals surface area contributed by atoms with Gasteiger partial charge in [0.05, 0.1) is 11.0 Å². The Morgan fingerprint density at radius 1 is 1.60 bits per heavy atom. The Bertz CT molecular complexity index is 543. The zero-order chi connectivity index (χ0) is 11.0. The van der Waals surface area contributed by atoms with Crippen LogP contribution in [0, 0.1) is 0 Å². The highest BCUT2D eigenvalue weighted by atomic mass is 35.5. The maximum atomic E-state index is 11.7. The summed E-state index contributed by atoms with van der Waals surface area (Å²) in [6.45, 7) is 2.33. The minimum Gasteiger partial charge on any atom is -0.328 e. The number of nitrogens with one attached hydrogen (secondary N) is 1. The van der Waals surface area contributed by atoms with E-state index in [1.54, 1.807) is 16.7 Å². The van der Waals surface area contributed by atoms with E-state index in [0.717, 1.165) is 11.0 Å². The number of H-pyrrole nitrogens is 1. The first-order chi connectivity index (χ1) is 7.13. The van der Waals surface area contributed by atoms with E-state index < -0.39 is 0 Å². The largest absolute Gasteiger partial charge is 0.328 e. The first-order valence-electron chi connectivity index (χ1n) is 4.73. The molecule has 0 aliphatic carbocycles. The van der Waals surface area contributed by atoms with Crippen LogP contribution in [0.4, 0.5) is 0 Å². The van der Waals surface area contributed by atoms with Crippen LogP contribution in [0.15, 0.2) is 23.0 Å². The fraction of sp³-hybridized carbons (Fsp3) is 0.300. The molecule has 5 heteroatoms. The number of benzene rings is 1. The number of nitrogens with zero attached hydrogens (tertiary/aromatic N) is 1. The molecule has 2 aromatic rings. The van der Waals surface area contributed by atoms with Gasteiger partial charge in [-0.15, -0.1) is 0 Å².